The Hall–Kier alpha value is -3.52. The highest BCUT2D eigenvalue weighted by atomic mass is 19.1. The van der Waals surface area contributed by atoms with Gasteiger partial charge in [0, 0.05) is 17.7 Å². The van der Waals surface area contributed by atoms with Crippen molar-refractivity contribution in [2.24, 2.45) is 0 Å². The van der Waals surface area contributed by atoms with Crippen molar-refractivity contribution in [2.75, 3.05) is 36.4 Å². The number of para-hydroxylation sites is 1. The molecule has 0 radical (unpaired) electrons. The molecule has 2 N–H and O–H groups in total. The minimum atomic E-state index is -0.287. The average Bonchev–Trinajstić information content (AvgIpc) is 3.36. The van der Waals surface area contributed by atoms with Gasteiger partial charge in [0.2, 0.25) is 5.95 Å². The fraction of sp³-hybridized carbons (Fsp3) is 0.393. The molecule has 1 saturated heterocycles. The van der Waals surface area contributed by atoms with Gasteiger partial charge in [0.15, 0.2) is 5.82 Å². The second-order valence-electron chi connectivity index (χ2n) is 9.72. The number of amides is 2. The highest BCUT2D eigenvalue weighted by Gasteiger charge is 2.32. The molecule has 0 saturated carbocycles. The van der Waals surface area contributed by atoms with Gasteiger partial charge in [0.25, 0.3) is 0 Å². The van der Waals surface area contributed by atoms with Crippen LogP contribution in [-0.4, -0.2) is 47.1 Å². The topological polar surface area (TPSA) is 73.4 Å². The Balaban J connectivity index is 1.56. The van der Waals surface area contributed by atoms with Gasteiger partial charge < -0.3 is 15.5 Å². The van der Waals surface area contributed by atoms with Gasteiger partial charge in [-0.15, -0.1) is 0 Å². The smallest absolute Gasteiger partial charge is 0.328 e. The molecule has 188 valence electrons. The van der Waals surface area contributed by atoms with Crippen LogP contribution in [0.4, 0.5) is 26.6 Å². The van der Waals surface area contributed by atoms with E-state index in [0.29, 0.717) is 24.0 Å². The van der Waals surface area contributed by atoms with Crippen LogP contribution >= 0.6 is 0 Å². The first-order valence-corrected chi connectivity index (χ1v) is 12.7. The molecule has 3 heterocycles. The van der Waals surface area contributed by atoms with Crippen LogP contribution in [0.5, 0.6) is 0 Å². The molecule has 2 aliphatic rings. The summed E-state index contributed by atoms with van der Waals surface area (Å²) in [6.07, 6.45) is 3.53. The molecule has 8 heteroatoms. The van der Waals surface area contributed by atoms with E-state index in [-0.39, 0.29) is 11.8 Å². The lowest BCUT2D eigenvalue weighted by Gasteiger charge is -2.32. The molecule has 5 rings (SSSR count). The predicted octanol–water partition coefficient (Wildman–Crippen LogP) is 5.47. The van der Waals surface area contributed by atoms with Gasteiger partial charge in [0.05, 0.1) is 17.9 Å². The number of fused-ring (bicyclic) bond motifs is 1. The lowest BCUT2D eigenvalue weighted by atomic mass is 9.99. The predicted molar refractivity (Wildman–Crippen MR) is 141 cm³/mol. The number of hydrogen-bond donors (Lipinski definition) is 2. The number of hydrogen-bond acceptors (Lipinski definition) is 5. The normalized spacial score (nSPS) is 15.7. The van der Waals surface area contributed by atoms with E-state index >= 15 is 0 Å². The van der Waals surface area contributed by atoms with Crippen molar-refractivity contribution < 1.29 is 9.18 Å². The summed E-state index contributed by atoms with van der Waals surface area (Å²) in [5, 5.41) is 6.39. The van der Waals surface area contributed by atoms with Crippen molar-refractivity contribution in [2.45, 2.75) is 46.6 Å². The van der Waals surface area contributed by atoms with E-state index in [2.05, 4.69) is 15.5 Å². The molecule has 2 aromatic carbocycles. The van der Waals surface area contributed by atoms with Gasteiger partial charge in [-0.2, -0.15) is 4.98 Å². The van der Waals surface area contributed by atoms with Crippen LogP contribution in [0.2, 0.25) is 0 Å². The molecule has 0 bridgehead atoms. The second-order valence-corrected chi connectivity index (χ2v) is 9.72. The third-order valence-corrected chi connectivity index (χ3v) is 7.06. The van der Waals surface area contributed by atoms with E-state index in [1.54, 1.807) is 11.0 Å². The fourth-order valence-electron chi connectivity index (χ4n) is 5.23. The Morgan fingerprint density at radius 3 is 2.50 bits per heavy atom. The lowest BCUT2D eigenvalue weighted by molar-refractivity contribution is 0.246. The lowest BCUT2D eigenvalue weighted by Crippen LogP contribution is -2.43. The highest BCUT2D eigenvalue weighted by molar-refractivity contribution is 6.03. The van der Waals surface area contributed by atoms with Crippen molar-refractivity contribution in [3.05, 3.63) is 64.5 Å². The summed E-state index contributed by atoms with van der Waals surface area (Å²) in [5.41, 5.74) is 5.91. The van der Waals surface area contributed by atoms with Crippen molar-refractivity contribution in [3.8, 4) is 11.3 Å². The number of anilines is 3. The summed E-state index contributed by atoms with van der Waals surface area (Å²) in [6.45, 7) is 10.3. The van der Waals surface area contributed by atoms with Crippen LogP contribution in [0.25, 0.3) is 11.3 Å². The van der Waals surface area contributed by atoms with Gasteiger partial charge in [0.1, 0.15) is 5.82 Å². The summed E-state index contributed by atoms with van der Waals surface area (Å²) in [7, 11) is 0. The van der Waals surface area contributed by atoms with E-state index in [1.807, 2.05) is 39.0 Å². The quantitative estimate of drug-likeness (QED) is 0.432. The highest BCUT2D eigenvalue weighted by Crippen LogP contribution is 2.39. The van der Waals surface area contributed by atoms with Gasteiger partial charge in [-0.05, 0) is 94.6 Å². The molecular weight excluding hydrogens is 455 g/mol. The Labute approximate surface area is 211 Å². The standard InChI is InChI=1S/C28H33FN6O/c1-18-8-6-9-19(2)25(18)35-26-23(17-31-28(35)36)24(22-11-10-21(29)16-20(22)3)32-27(33-26)30-12-7-15-34-13-4-5-14-34/h6,8-11,16H,4-5,7,12-15,17H2,1-3H3,(H,31,36)(H,30,32,33). The molecule has 2 amide bonds. The molecule has 3 aromatic rings. The fourth-order valence-corrected chi connectivity index (χ4v) is 5.23. The zero-order chi connectivity index (χ0) is 25.2. The number of carbonyl (C=O) groups excluding carboxylic acids is 1. The van der Waals surface area contributed by atoms with Crippen LogP contribution in [-0.2, 0) is 6.54 Å². The minimum Gasteiger partial charge on any atom is -0.354 e. The monoisotopic (exact) mass is 488 g/mol. The minimum absolute atomic E-state index is 0.222. The van der Waals surface area contributed by atoms with Gasteiger partial charge in [-0.3, -0.25) is 0 Å². The summed E-state index contributed by atoms with van der Waals surface area (Å²) >= 11 is 0. The number of rotatable bonds is 7. The van der Waals surface area contributed by atoms with Crippen LogP contribution in [0, 0.1) is 26.6 Å². The maximum absolute atomic E-state index is 13.9. The van der Waals surface area contributed by atoms with Crippen LogP contribution in [0.15, 0.2) is 36.4 Å². The van der Waals surface area contributed by atoms with Gasteiger partial charge in [-0.25, -0.2) is 19.1 Å². The van der Waals surface area contributed by atoms with E-state index in [9.17, 15) is 9.18 Å². The van der Waals surface area contributed by atoms with Crippen molar-refractivity contribution >= 4 is 23.5 Å². The molecule has 1 aromatic heterocycles. The van der Waals surface area contributed by atoms with Crippen molar-refractivity contribution in [1.29, 1.82) is 0 Å². The molecular formula is C28H33FN6O. The molecule has 0 spiro atoms. The zero-order valence-electron chi connectivity index (χ0n) is 21.2. The van der Waals surface area contributed by atoms with Crippen molar-refractivity contribution in [1.82, 2.24) is 20.2 Å². The van der Waals surface area contributed by atoms with E-state index < -0.39 is 0 Å². The largest absolute Gasteiger partial charge is 0.354 e. The van der Waals surface area contributed by atoms with Gasteiger partial charge in [-0.1, -0.05) is 18.2 Å². The molecule has 0 aliphatic carbocycles. The summed E-state index contributed by atoms with van der Waals surface area (Å²) < 4.78 is 13.9. The second kappa shape index (κ2) is 10.2. The molecule has 0 unspecified atom stereocenters. The number of nitrogens with one attached hydrogen (secondary N) is 2. The number of aryl methyl sites for hydroxylation is 3. The Morgan fingerprint density at radius 2 is 1.78 bits per heavy atom. The Kier molecular flexibility index (Phi) is 6.87. The van der Waals surface area contributed by atoms with Crippen molar-refractivity contribution in [3.63, 3.8) is 0 Å². The average molecular weight is 489 g/mol. The maximum atomic E-state index is 13.9. The Bertz CT molecular complexity index is 1270. The number of nitrogens with zero attached hydrogens (tertiary/aromatic N) is 4. The number of aromatic nitrogens is 2. The molecule has 1 fully saturated rings. The van der Waals surface area contributed by atoms with E-state index in [0.717, 1.165) is 53.0 Å². The molecule has 2 aliphatic heterocycles. The third kappa shape index (κ3) is 4.78. The summed E-state index contributed by atoms with van der Waals surface area (Å²) in [6, 6.07) is 10.5. The van der Waals surface area contributed by atoms with E-state index in [1.165, 1.54) is 38.1 Å². The van der Waals surface area contributed by atoms with Crippen LogP contribution in [0.3, 0.4) is 0 Å². The number of urea groups is 1. The number of carbonyl (C=O) groups is 1. The number of halogens is 1. The number of likely N-dealkylation sites (tertiary alicyclic amines) is 1. The summed E-state index contributed by atoms with van der Waals surface area (Å²) in [5.74, 6) is 0.747. The maximum Gasteiger partial charge on any atom is 0.328 e. The zero-order valence-corrected chi connectivity index (χ0v) is 21.2. The molecule has 0 atom stereocenters. The SMILES string of the molecule is Cc1cc(F)ccc1-c1nc(NCCCN2CCCC2)nc2c1CNC(=O)N2c1c(C)cccc1C. The molecule has 36 heavy (non-hydrogen) atoms. The Morgan fingerprint density at radius 1 is 1.03 bits per heavy atom. The number of benzene rings is 2. The first kappa shape index (κ1) is 24.2. The van der Waals surface area contributed by atoms with Crippen LogP contribution in [0.1, 0.15) is 41.5 Å². The van der Waals surface area contributed by atoms with E-state index in [4.69, 9.17) is 9.97 Å². The molecule has 7 nitrogen and oxygen atoms in total. The first-order chi connectivity index (χ1) is 17.4. The summed E-state index contributed by atoms with van der Waals surface area (Å²) in [4.78, 5) is 27.1. The third-order valence-electron chi connectivity index (χ3n) is 7.06. The van der Waals surface area contributed by atoms with Gasteiger partial charge >= 0.3 is 6.03 Å². The van der Waals surface area contributed by atoms with Crippen LogP contribution < -0.4 is 15.5 Å². The first-order valence-electron chi connectivity index (χ1n) is 12.7.